The lowest BCUT2D eigenvalue weighted by Gasteiger charge is -2.40. The maximum absolute atomic E-state index is 13.6. The molecule has 1 aromatic rings. The normalized spacial score (nSPS) is 28.0. The monoisotopic (exact) mass is 310 g/mol. The number of quaternary nitrogens is 1. The lowest BCUT2D eigenvalue weighted by molar-refractivity contribution is -0.940. The van der Waals surface area contributed by atoms with Crippen molar-refractivity contribution >= 4 is 5.97 Å². The van der Waals surface area contributed by atoms with E-state index in [1.165, 1.54) is 32.4 Å². The molecule has 0 saturated carbocycles. The van der Waals surface area contributed by atoms with E-state index >= 15 is 0 Å². The minimum atomic E-state index is -0.764. The first kappa shape index (κ1) is 15.4. The van der Waals surface area contributed by atoms with E-state index in [1.54, 1.807) is 4.90 Å². The number of benzene rings is 1. The van der Waals surface area contributed by atoms with Gasteiger partial charge in [0, 0.05) is 5.92 Å². The number of piperidine rings is 2. The van der Waals surface area contributed by atoms with Gasteiger partial charge in [0.1, 0.15) is 18.2 Å². The zero-order valence-electron chi connectivity index (χ0n) is 12.6. The lowest BCUT2D eigenvalue weighted by Crippen LogP contribution is -3.18. The van der Waals surface area contributed by atoms with Crippen LogP contribution in [0.25, 0.3) is 0 Å². The van der Waals surface area contributed by atoms with Gasteiger partial charge in [0.15, 0.2) is 0 Å². The van der Waals surface area contributed by atoms with Crippen molar-refractivity contribution in [3.05, 3.63) is 35.4 Å². The highest BCUT2D eigenvalue weighted by Gasteiger charge is 2.37. The molecule has 2 aliphatic heterocycles. The van der Waals surface area contributed by atoms with Crippen molar-refractivity contribution in [1.82, 2.24) is 0 Å². The van der Waals surface area contributed by atoms with E-state index in [4.69, 9.17) is 4.74 Å². The molecule has 3 nitrogen and oxygen atoms in total. The molecule has 1 N–H and O–H groups in total. The Labute approximate surface area is 129 Å². The van der Waals surface area contributed by atoms with Crippen LogP contribution < -0.4 is 4.90 Å². The topological polar surface area (TPSA) is 30.7 Å². The number of ether oxygens (including phenoxy) is 1. The Morgan fingerprint density at radius 2 is 2.00 bits per heavy atom. The molecule has 0 aromatic heterocycles. The molecule has 2 aliphatic rings. The van der Waals surface area contributed by atoms with Gasteiger partial charge < -0.3 is 9.64 Å². The van der Waals surface area contributed by atoms with Crippen molar-refractivity contribution < 1.29 is 23.2 Å². The summed E-state index contributed by atoms with van der Waals surface area (Å²) < 4.78 is 32.0. The fourth-order valence-electron chi connectivity index (χ4n) is 3.89. The fraction of sp³-hybridized carbons (Fsp3) is 0.588. The summed E-state index contributed by atoms with van der Waals surface area (Å²) in [4.78, 5) is 13.6. The average molecular weight is 310 g/mol. The van der Waals surface area contributed by atoms with Gasteiger partial charge in [0.05, 0.1) is 24.7 Å². The summed E-state index contributed by atoms with van der Waals surface area (Å²) in [5, 5.41) is 0. The van der Waals surface area contributed by atoms with Crippen molar-refractivity contribution in [2.75, 3.05) is 19.7 Å². The number of carbonyl (C=O) groups is 1. The van der Waals surface area contributed by atoms with E-state index in [9.17, 15) is 13.6 Å². The highest BCUT2D eigenvalue weighted by Crippen LogP contribution is 2.21. The van der Waals surface area contributed by atoms with Crippen LogP contribution >= 0.6 is 0 Å². The van der Waals surface area contributed by atoms with Gasteiger partial charge in [-0.3, -0.25) is 0 Å². The Morgan fingerprint density at radius 1 is 1.18 bits per heavy atom. The molecule has 0 radical (unpaired) electrons. The quantitative estimate of drug-likeness (QED) is 0.865. The Morgan fingerprint density at radius 3 is 2.86 bits per heavy atom. The maximum atomic E-state index is 13.6. The largest absolute Gasteiger partial charge is 0.461 e. The first-order chi connectivity index (χ1) is 10.6. The number of hydrogen-bond donors (Lipinski definition) is 1. The molecular weight excluding hydrogens is 288 g/mol. The van der Waals surface area contributed by atoms with Crippen molar-refractivity contribution in [3.8, 4) is 0 Å². The standard InChI is InChI=1S/C17H21F2NO2/c18-13-6-7-15(19)14(10-13)17(21)22-11-12-4-3-9-20-8-2-1-5-16(12)20/h6-7,10,12,16H,1-5,8-9,11H2/p+1/t12-,16-/m0/s1. The fourth-order valence-corrected chi connectivity index (χ4v) is 3.89. The molecule has 120 valence electrons. The van der Waals surface area contributed by atoms with Crippen molar-refractivity contribution in [2.45, 2.75) is 38.1 Å². The Balaban J connectivity index is 1.61. The number of fused-ring (bicyclic) bond motifs is 1. The van der Waals surface area contributed by atoms with E-state index in [-0.39, 0.29) is 5.56 Å². The van der Waals surface area contributed by atoms with Crippen molar-refractivity contribution in [1.29, 1.82) is 0 Å². The number of rotatable bonds is 3. The molecule has 2 heterocycles. The SMILES string of the molecule is O=C(OC[C@@H]1CCC[NH+]2CCCC[C@@H]12)c1cc(F)ccc1F. The summed E-state index contributed by atoms with van der Waals surface area (Å²) in [5.74, 6) is -1.79. The highest BCUT2D eigenvalue weighted by molar-refractivity contribution is 5.89. The van der Waals surface area contributed by atoms with Gasteiger partial charge in [-0.15, -0.1) is 0 Å². The molecule has 2 fully saturated rings. The number of nitrogens with one attached hydrogen (secondary N) is 1. The zero-order chi connectivity index (χ0) is 15.5. The van der Waals surface area contributed by atoms with Crippen LogP contribution in [0.5, 0.6) is 0 Å². The number of esters is 1. The van der Waals surface area contributed by atoms with E-state index in [1.807, 2.05) is 0 Å². The molecular formula is C17H22F2NO2+. The third kappa shape index (κ3) is 3.29. The maximum Gasteiger partial charge on any atom is 0.341 e. The Bertz CT molecular complexity index is 547. The number of carbonyl (C=O) groups excluding carboxylic acids is 1. The summed E-state index contributed by atoms with van der Waals surface area (Å²) in [7, 11) is 0. The van der Waals surface area contributed by atoms with Gasteiger partial charge in [0.2, 0.25) is 0 Å². The molecule has 3 atom stereocenters. The summed E-state index contributed by atoms with van der Waals surface area (Å²) in [6, 6.07) is 3.40. The average Bonchev–Trinajstić information content (AvgIpc) is 2.54. The summed E-state index contributed by atoms with van der Waals surface area (Å²) in [6.45, 7) is 2.71. The molecule has 0 aliphatic carbocycles. The minimum Gasteiger partial charge on any atom is -0.461 e. The van der Waals surface area contributed by atoms with E-state index in [0.717, 1.165) is 31.0 Å². The van der Waals surface area contributed by atoms with Crippen LogP contribution in [0.2, 0.25) is 0 Å². The second-order valence-electron chi connectivity index (χ2n) is 6.39. The van der Waals surface area contributed by atoms with Crippen LogP contribution in [0.15, 0.2) is 18.2 Å². The van der Waals surface area contributed by atoms with Crippen LogP contribution in [0.4, 0.5) is 8.78 Å². The molecule has 3 rings (SSSR count). The third-order valence-electron chi connectivity index (χ3n) is 5.01. The zero-order valence-corrected chi connectivity index (χ0v) is 12.6. The predicted molar refractivity (Wildman–Crippen MR) is 77.7 cm³/mol. The van der Waals surface area contributed by atoms with Crippen LogP contribution in [-0.2, 0) is 4.74 Å². The van der Waals surface area contributed by atoms with Crippen molar-refractivity contribution in [3.63, 3.8) is 0 Å². The summed E-state index contributed by atoms with van der Waals surface area (Å²) in [6.07, 6.45) is 5.87. The first-order valence-electron chi connectivity index (χ1n) is 8.12. The van der Waals surface area contributed by atoms with E-state index in [0.29, 0.717) is 18.6 Å². The first-order valence-corrected chi connectivity index (χ1v) is 8.12. The van der Waals surface area contributed by atoms with Gasteiger partial charge in [0.25, 0.3) is 0 Å². The van der Waals surface area contributed by atoms with Crippen LogP contribution in [0.3, 0.4) is 0 Å². The van der Waals surface area contributed by atoms with Gasteiger partial charge in [-0.05, 0) is 50.3 Å². The van der Waals surface area contributed by atoms with Crippen LogP contribution in [0, 0.1) is 17.6 Å². The van der Waals surface area contributed by atoms with Crippen LogP contribution in [0.1, 0.15) is 42.5 Å². The molecule has 1 unspecified atom stereocenters. The van der Waals surface area contributed by atoms with Gasteiger partial charge in [-0.1, -0.05) is 0 Å². The summed E-state index contributed by atoms with van der Waals surface area (Å²) in [5.41, 5.74) is -0.316. The molecule has 0 spiro atoms. The second kappa shape index (κ2) is 6.73. The van der Waals surface area contributed by atoms with Crippen LogP contribution in [-0.4, -0.2) is 31.7 Å². The predicted octanol–water partition coefficient (Wildman–Crippen LogP) is 1.97. The highest BCUT2D eigenvalue weighted by atomic mass is 19.1. The second-order valence-corrected chi connectivity index (χ2v) is 6.39. The smallest absolute Gasteiger partial charge is 0.341 e. The van der Waals surface area contributed by atoms with Crippen molar-refractivity contribution in [2.24, 2.45) is 5.92 Å². The minimum absolute atomic E-state index is 0.308. The van der Waals surface area contributed by atoms with Gasteiger partial charge >= 0.3 is 5.97 Å². The van der Waals surface area contributed by atoms with Gasteiger partial charge in [-0.25, -0.2) is 13.6 Å². The number of hydrogen-bond acceptors (Lipinski definition) is 2. The molecule has 0 amide bonds. The lowest BCUT2D eigenvalue weighted by atomic mass is 9.84. The van der Waals surface area contributed by atoms with E-state index in [2.05, 4.69) is 0 Å². The molecule has 5 heteroatoms. The third-order valence-corrected chi connectivity index (χ3v) is 5.01. The summed E-state index contributed by atoms with van der Waals surface area (Å²) >= 11 is 0. The number of halogens is 2. The Hall–Kier alpha value is -1.49. The molecule has 2 saturated heterocycles. The molecule has 0 bridgehead atoms. The van der Waals surface area contributed by atoms with E-state index < -0.39 is 17.6 Å². The Kier molecular flexibility index (Phi) is 4.71. The van der Waals surface area contributed by atoms with Gasteiger partial charge in [-0.2, -0.15) is 0 Å². The molecule has 1 aromatic carbocycles. The molecule has 22 heavy (non-hydrogen) atoms.